The van der Waals surface area contributed by atoms with Gasteiger partial charge >= 0.3 is 0 Å². The Bertz CT molecular complexity index is 637. The van der Waals surface area contributed by atoms with Gasteiger partial charge in [0, 0.05) is 24.8 Å². The zero-order valence-electron chi connectivity index (χ0n) is 12.7. The molecule has 1 unspecified atom stereocenters. The maximum atomic E-state index is 5.97. The molecule has 2 aromatic carbocycles. The smallest absolute Gasteiger partial charge is 0.119 e. The van der Waals surface area contributed by atoms with Crippen LogP contribution in [0.25, 0.3) is 0 Å². The fourth-order valence-electron chi connectivity index (χ4n) is 2.93. The number of benzene rings is 2. The molecule has 1 aliphatic heterocycles. The van der Waals surface area contributed by atoms with Crippen molar-refractivity contribution >= 4 is 5.69 Å². The summed E-state index contributed by atoms with van der Waals surface area (Å²) < 4.78 is 5.30. The molecular formula is C18H22N2O. The summed E-state index contributed by atoms with van der Waals surface area (Å²) in [4.78, 5) is 2.43. The lowest BCUT2D eigenvalue weighted by atomic mass is 10.0. The fourth-order valence-corrected chi connectivity index (χ4v) is 2.93. The van der Waals surface area contributed by atoms with Crippen LogP contribution in [0.15, 0.2) is 42.5 Å². The van der Waals surface area contributed by atoms with Crippen LogP contribution in [-0.2, 0) is 13.0 Å². The standard InChI is InChI=1S/C18H22N2O/c1-13(19)15-6-7-18-16(11-15)8-9-20(18)12-14-4-3-5-17(10-14)21-2/h3-7,10-11,13H,8-9,12,19H2,1-2H3. The molecule has 1 atom stereocenters. The molecule has 110 valence electrons. The van der Waals surface area contributed by atoms with Gasteiger partial charge in [0.25, 0.3) is 0 Å². The van der Waals surface area contributed by atoms with Gasteiger partial charge in [-0.25, -0.2) is 0 Å². The van der Waals surface area contributed by atoms with E-state index in [9.17, 15) is 0 Å². The quantitative estimate of drug-likeness (QED) is 0.935. The molecule has 3 rings (SSSR count). The molecule has 0 aromatic heterocycles. The van der Waals surface area contributed by atoms with Gasteiger partial charge in [-0.3, -0.25) is 0 Å². The molecule has 2 aromatic rings. The molecule has 1 aliphatic rings. The number of methoxy groups -OCH3 is 1. The summed E-state index contributed by atoms with van der Waals surface area (Å²) in [6.45, 7) is 4.02. The number of hydrogen-bond donors (Lipinski definition) is 1. The molecule has 0 fully saturated rings. The predicted octanol–water partition coefficient (Wildman–Crippen LogP) is 3.28. The van der Waals surface area contributed by atoms with Gasteiger partial charge in [0.05, 0.1) is 7.11 Å². The van der Waals surface area contributed by atoms with Crippen LogP contribution in [0.1, 0.15) is 29.7 Å². The molecule has 2 N–H and O–H groups in total. The third kappa shape index (κ3) is 2.88. The number of ether oxygens (including phenoxy) is 1. The van der Waals surface area contributed by atoms with Gasteiger partial charge in [0.2, 0.25) is 0 Å². The third-order valence-corrected chi connectivity index (χ3v) is 4.13. The maximum absolute atomic E-state index is 5.97. The van der Waals surface area contributed by atoms with Crippen molar-refractivity contribution in [1.82, 2.24) is 0 Å². The number of rotatable bonds is 4. The van der Waals surface area contributed by atoms with Crippen molar-refractivity contribution < 1.29 is 4.74 Å². The zero-order chi connectivity index (χ0) is 14.8. The molecular weight excluding hydrogens is 260 g/mol. The van der Waals surface area contributed by atoms with E-state index in [0.29, 0.717) is 0 Å². The van der Waals surface area contributed by atoms with Crippen LogP contribution in [0.2, 0.25) is 0 Å². The summed E-state index contributed by atoms with van der Waals surface area (Å²) >= 11 is 0. The van der Waals surface area contributed by atoms with Gasteiger partial charge in [-0.15, -0.1) is 0 Å². The van der Waals surface area contributed by atoms with Crippen molar-refractivity contribution in [2.75, 3.05) is 18.6 Å². The topological polar surface area (TPSA) is 38.5 Å². The molecule has 0 spiro atoms. The molecule has 0 bridgehead atoms. The Kier molecular flexibility index (Phi) is 3.84. The van der Waals surface area contributed by atoms with Gasteiger partial charge in [-0.1, -0.05) is 24.3 Å². The summed E-state index contributed by atoms with van der Waals surface area (Å²) in [5.74, 6) is 0.916. The van der Waals surface area contributed by atoms with E-state index in [0.717, 1.165) is 25.3 Å². The second-order valence-electron chi connectivity index (χ2n) is 5.70. The van der Waals surface area contributed by atoms with E-state index in [1.807, 2.05) is 19.1 Å². The Morgan fingerprint density at radius 2 is 2.10 bits per heavy atom. The highest BCUT2D eigenvalue weighted by Gasteiger charge is 2.20. The van der Waals surface area contributed by atoms with Crippen LogP contribution >= 0.6 is 0 Å². The Balaban J connectivity index is 1.81. The van der Waals surface area contributed by atoms with E-state index in [1.54, 1.807) is 7.11 Å². The van der Waals surface area contributed by atoms with Gasteiger partial charge in [0.1, 0.15) is 5.75 Å². The highest BCUT2D eigenvalue weighted by molar-refractivity contribution is 5.59. The van der Waals surface area contributed by atoms with Gasteiger partial charge < -0.3 is 15.4 Å². The molecule has 0 amide bonds. The monoisotopic (exact) mass is 282 g/mol. The molecule has 3 heteroatoms. The molecule has 0 radical (unpaired) electrons. The van der Waals surface area contributed by atoms with Crippen molar-refractivity contribution in [3.05, 3.63) is 59.2 Å². The maximum Gasteiger partial charge on any atom is 0.119 e. The highest BCUT2D eigenvalue weighted by atomic mass is 16.5. The van der Waals surface area contributed by atoms with Crippen LogP contribution in [0.4, 0.5) is 5.69 Å². The third-order valence-electron chi connectivity index (χ3n) is 4.13. The molecule has 0 saturated carbocycles. The van der Waals surface area contributed by atoms with E-state index < -0.39 is 0 Å². The average molecular weight is 282 g/mol. The van der Waals surface area contributed by atoms with Crippen molar-refractivity contribution in [3.8, 4) is 5.75 Å². The van der Waals surface area contributed by atoms with Crippen molar-refractivity contribution in [2.45, 2.75) is 25.9 Å². The minimum atomic E-state index is 0.0998. The van der Waals surface area contributed by atoms with Crippen LogP contribution in [0.5, 0.6) is 5.75 Å². The number of nitrogens with two attached hydrogens (primary N) is 1. The first-order valence-corrected chi connectivity index (χ1v) is 7.43. The lowest BCUT2D eigenvalue weighted by molar-refractivity contribution is 0.414. The number of anilines is 1. The van der Waals surface area contributed by atoms with Gasteiger partial charge in [-0.05, 0) is 48.2 Å². The highest BCUT2D eigenvalue weighted by Crippen LogP contribution is 2.31. The predicted molar refractivity (Wildman–Crippen MR) is 86.8 cm³/mol. The van der Waals surface area contributed by atoms with E-state index in [-0.39, 0.29) is 6.04 Å². The Morgan fingerprint density at radius 1 is 1.24 bits per heavy atom. The molecule has 3 nitrogen and oxygen atoms in total. The lowest BCUT2D eigenvalue weighted by Gasteiger charge is -2.20. The molecule has 21 heavy (non-hydrogen) atoms. The van der Waals surface area contributed by atoms with Crippen LogP contribution in [-0.4, -0.2) is 13.7 Å². The summed E-state index contributed by atoms with van der Waals surface area (Å²) in [7, 11) is 1.71. The van der Waals surface area contributed by atoms with E-state index in [4.69, 9.17) is 10.5 Å². The first-order valence-electron chi connectivity index (χ1n) is 7.43. The van der Waals surface area contributed by atoms with E-state index >= 15 is 0 Å². The first kappa shape index (κ1) is 14.0. The minimum Gasteiger partial charge on any atom is -0.497 e. The first-order chi connectivity index (χ1) is 10.2. The zero-order valence-corrected chi connectivity index (χ0v) is 12.7. The van der Waals surface area contributed by atoms with Crippen LogP contribution < -0.4 is 15.4 Å². The summed E-state index contributed by atoms with van der Waals surface area (Å²) in [6, 6.07) is 15.0. The van der Waals surface area contributed by atoms with Gasteiger partial charge in [0.15, 0.2) is 0 Å². The Morgan fingerprint density at radius 3 is 2.86 bits per heavy atom. The Hall–Kier alpha value is -2.00. The summed E-state index contributed by atoms with van der Waals surface area (Å²) in [5.41, 5.74) is 11.2. The number of hydrogen-bond acceptors (Lipinski definition) is 3. The number of fused-ring (bicyclic) bond motifs is 1. The second-order valence-corrected chi connectivity index (χ2v) is 5.70. The number of nitrogens with zero attached hydrogens (tertiary/aromatic N) is 1. The fraction of sp³-hybridized carbons (Fsp3) is 0.333. The normalized spacial score (nSPS) is 14.9. The summed E-state index contributed by atoms with van der Waals surface area (Å²) in [5, 5.41) is 0. The molecule has 0 saturated heterocycles. The summed E-state index contributed by atoms with van der Waals surface area (Å²) in [6.07, 6.45) is 1.10. The van der Waals surface area contributed by atoms with Crippen molar-refractivity contribution in [3.63, 3.8) is 0 Å². The lowest BCUT2D eigenvalue weighted by Crippen LogP contribution is -2.19. The van der Waals surface area contributed by atoms with Gasteiger partial charge in [-0.2, -0.15) is 0 Å². The van der Waals surface area contributed by atoms with Crippen molar-refractivity contribution in [1.29, 1.82) is 0 Å². The minimum absolute atomic E-state index is 0.0998. The van der Waals surface area contributed by atoms with Crippen molar-refractivity contribution in [2.24, 2.45) is 5.73 Å². The van der Waals surface area contributed by atoms with Crippen LogP contribution in [0, 0.1) is 0 Å². The average Bonchev–Trinajstić information content (AvgIpc) is 2.90. The largest absolute Gasteiger partial charge is 0.497 e. The Labute approximate surface area is 126 Å². The van der Waals surface area contributed by atoms with E-state index in [2.05, 4.69) is 35.2 Å². The molecule has 0 aliphatic carbocycles. The van der Waals surface area contributed by atoms with E-state index in [1.165, 1.54) is 22.4 Å². The van der Waals surface area contributed by atoms with Crippen LogP contribution in [0.3, 0.4) is 0 Å². The second kappa shape index (κ2) is 5.78. The molecule has 1 heterocycles. The SMILES string of the molecule is COc1cccc(CN2CCc3cc(C(C)N)ccc32)c1.